The minimum absolute atomic E-state index is 0.273. The number of halogens is 1. The number of nitrogen functional groups attached to an aromatic ring is 1. The summed E-state index contributed by atoms with van der Waals surface area (Å²) in [5.74, 6) is 0.232. The molecule has 0 fully saturated rings. The Morgan fingerprint density at radius 1 is 1.33 bits per heavy atom. The first-order chi connectivity index (χ1) is 8.58. The summed E-state index contributed by atoms with van der Waals surface area (Å²) in [6.07, 6.45) is 1.69. The zero-order valence-electron chi connectivity index (χ0n) is 9.77. The van der Waals surface area contributed by atoms with Crippen LogP contribution in [0.4, 0.5) is 11.5 Å². The van der Waals surface area contributed by atoms with Crippen molar-refractivity contribution in [2.45, 2.75) is 6.92 Å². The van der Waals surface area contributed by atoms with E-state index in [-0.39, 0.29) is 5.91 Å². The molecule has 0 aliphatic rings. The van der Waals surface area contributed by atoms with E-state index in [1.54, 1.807) is 30.5 Å². The van der Waals surface area contributed by atoms with Gasteiger partial charge in [0, 0.05) is 10.7 Å². The van der Waals surface area contributed by atoms with E-state index in [0.717, 1.165) is 5.56 Å². The van der Waals surface area contributed by atoms with Gasteiger partial charge in [0.15, 0.2) is 0 Å². The van der Waals surface area contributed by atoms with Gasteiger partial charge in [-0.1, -0.05) is 12.1 Å². The average Bonchev–Trinajstić information content (AvgIpc) is 2.35. The topological polar surface area (TPSA) is 68.0 Å². The van der Waals surface area contributed by atoms with Gasteiger partial charge in [-0.05, 0) is 46.6 Å². The van der Waals surface area contributed by atoms with Crippen molar-refractivity contribution in [1.29, 1.82) is 0 Å². The van der Waals surface area contributed by atoms with Gasteiger partial charge in [-0.2, -0.15) is 0 Å². The molecule has 0 saturated heterocycles. The normalized spacial score (nSPS) is 10.1. The molecule has 2 aromatic rings. The molecule has 2 rings (SSSR count). The van der Waals surface area contributed by atoms with Crippen LogP contribution in [0.5, 0.6) is 0 Å². The Morgan fingerprint density at radius 2 is 2.11 bits per heavy atom. The smallest absolute Gasteiger partial charge is 0.258 e. The van der Waals surface area contributed by atoms with Crippen LogP contribution in [0.25, 0.3) is 0 Å². The highest BCUT2D eigenvalue weighted by Gasteiger charge is 2.11. The van der Waals surface area contributed by atoms with Crippen LogP contribution in [0.15, 0.2) is 41.0 Å². The van der Waals surface area contributed by atoms with E-state index in [4.69, 9.17) is 5.73 Å². The number of benzene rings is 1. The molecule has 0 spiro atoms. The number of nitrogens with zero attached hydrogens (tertiary/aromatic N) is 1. The largest absolute Gasteiger partial charge is 0.397 e. The highest BCUT2D eigenvalue weighted by molar-refractivity contribution is 9.10. The Bertz CT molecular complexity index is 581. The number of nitrogens with two attached hydrogens (primary N) is 1. The maximum Gasteiger partial charge on any atom is 0.258 e. The Morgan fingerprint density at radius 3 is 2.78 bits per heavy atom. The summed E-state index contributed by atoms with van der Waals surface area (Å²) in [5, 5.41) is 2.70. The van der Waals surface area contributed by atoms with E-state index in [1.807, 2.05) is 13.0 Å². The number of nitrogens with one attached hydrogen (secondary N) is 1. The van der Waals surface area contributed by atoms with Crippen LogP contribution in [0.3, 0.4) is 0 Å². The molecule has 1 aromatic heterocycles. The first-order valence-electron chi connectivity index (χ1n) is 5.36. The maximum atomic E-state index is 12.0. The molecule has 0 aliphatic heterocycles. The second-order valence-electron chi connectivity index (χ2n) is 3.88. The maximum absolute atomic E-state index is 12.0. The van der Waals surface area contributed by atoms with Crippen LogP contribution >= 0.6 is 15.9 Å². The number of amides is 1. The third-order valence-electron chi connectivity index (χ3n) is 2.45. The molecular weight excluding hydrogens is 294 g/mol. The number of aromatic nitrogens is 1. The van der Waals surface area contributed by atoms with Gasteiger partial charge in [0.25, 0.3) is 5.91 Å². The molecule has 3 N–H and O–H groups in total. The number of rotatable bonds is 2. The minimum Gasteiger partial charge on any atom is -0.397 e. The lowest BCUT2D eigenvalue weighted by molar-refractivity contribution is 0.102. The quantitative estimate of drug-likeness (QED) is 0.838. The number of para-hydroxylation sites is 1. The highest BCUT2D eigenvalue weighted by Crippen LogP contribution is 2.23. The predicted molar refractivity (Wildman–Crippen MR) is 75.5 cm³/mol. The van der Waals surface area contributed by atoms with Crippen LogP contribution in [0.1, 0.15) is 15.9 Å². The Labute approximate surface area is 113 Å². The number of aryl methyl sites for hydroxylation is 1. The SMILES string of the molecule is Cc1ccc(NC(=O)c2cccc(Br)c2N)nc1. The van der Waals surface area contributed by atoms with Crippen LogP contribution in [0.2, 0.25) is 0 Å². The zero-order chi connectivity index (χ0) is 13.1. The van der Waals surface area contributed by atoms with Crippen molar-refractivity contribution in [3.05, 3.63) is 52.1 Å². The van der Waals surface area contributed by atoms with Crippen LogP contribution in [-0.2, 0) is 0 Å². The molecule has 4 nitrogen and oxygen atoms in total. The van der Waals surface area contributed by atoms with Gasteiger partial charge in [0.2, 0.25) is 0 Å². The molecule has 1 aromatic carbocycles. The van der Waals surface area contributed by atoms with Crippen LogP contribution < -0.4 is 11.1 Å². The van der Waals surface area contributed by atoms with Gasteiger partial charge in [-0.25, -0.2) is 4.98 Å². The lowest BCUT2D eigenvalue weighted by Crippen LogP contribution is -2.15. The third kappa shape index (κ3) is 2.68. The van der Waals surface area contributed by atoms with Crippen molar-refractivity contribution < 1.29 is 4.79 Å². The summed E-state index contributed by atoms with van der Waals surface area (Å²) < 4.78 is 0.701. The molecule has 0 aliphatic carbocycles. The molecule has 0 bridgehead atoms. The van der Waals surface area contributed by atoms with E-state index in [9.17, 15) is 4.79 Å². The number of hydrogen-bond donors (Lipinski definition) is 2. The minimum atomic E-state index is -0.273. The molecule has 5 heteroatoms. The van der Waals surface area contributed by atoms with Crippen molar-refractivity contribution >= 4 is 33.3 Å². The molecule has 18 heavy (non-hydrogen) atoms. The first kappa shape index (κ1) is 12.6. The average molecular weight is 306 g/mol. The van der Waals surface area contributed by atoms with E-state index < -0.39 is 0 Å². The van der Waals surface area contributed by atoms with E-state index in [2.05, 4.69) is 26.2 Å². The van der Waals surface area contributed by atoms with Crippen LogP contribution in [-0.4, -0.2) is 10.9 Å². The fourth-order valence-electron chi connectivity index (χ4n) is 1.46. The Kier molecular flexibility index (Phi) is 3.62. The number of anilines is 2. The Hall–Kier alpha value is -1.88. The third-order valence-corrected chi connectivity index (χ3v) is 3.14. The number of hydrogen-bond acceptors (Lipinski definition) is 3. The van der Waals surface area contributed by atoms with Crippen LogP contribution in [0, 0.1) is 6.92 Å². The van der Waals surface area contributed by atoms with E-state index in [1.165, 1.54) is 0 Å². The lowest BCUT2D eigenvalue weighted by Gasteiger charge is -2.08. The van der Waals surface area contributed by atoms with E-state index >= 15 is 0 Å². The molecule has 0 radical (unpaired) electrons. The zero-order valence-corrected chi connectivity index (χ0v) is 11.4. The van der Waals surface area contributed by atoms with Gasteiger partial charge in [0.1, 0.15) is 5.82 Å². The molecule has 0 saturated carbocycles. The fourth-order valence-corrected chi connectivity index (χ4v) is 1.83. The summed E-state index contributed by atoms with van der Waals surface area (Å²) in [6, 6.07) is 8.85. The molecular formula is C13H12BrN3O. The molecule has 0 atom stereocenters. The van der Waals surface area contributed by atoms with Crippen molar-refractivity contribution in [3.63, 3.8) is 0 Å². The molecule has 92 valence electrons. The first-order valence-corrected chi connectivity index (χ1v) is 6.15. The molecule has 0 unspecified atom stereocenters. The highest BCUT2D eigenvalue weighted by atomic mass is 79.9. The predicted octanol–water partition coefficient (Wildman–Crippen LogP) is 2.99. The van der Waals surface area contributed by atoms with Gasteiger partial charge >= 0.3 is 0 Å². The fraction of sp³-hybridized carbons (Fsp3) is 0.0769. The van der Waals surface area contributed by atoms with Gasteiger partial charge in [-0.15, -0.1) is 0 Å². The summed E-state index contributed by atoms with van der Waals surface area (Å²) in [7, 11) is 0. The van der Waals surface area contributed by atoms with Crippen molar-refractivity contribution in [2.75, 3.05) is 11.1 Å². The van der Waals surface area contributed by atoms with Gasteiger partial charge in [-0.3, -0.25) is 4.79 Å². The second kappa shape index (κ2) is 5.18. The van der Waals surface area contributed by atoms with Gasteiger partial charge in [0.05, 0.1) is 11.3 Å². The number of carbonyl (C=O) groups excluding carboxylic acids is 1. The molecule has 1 heterocycles. The van der Waals surface area contributed by atoms with Crippen molar-refractivity contribution in [2.24, 2.45) is 0 Å². The van der Waals surface area contributed by atoms with Crippen molar-refractivity contribution in [1.82, 2.24) is 4.98 Å². The second-order valence-corrected chi connectivity index (χ2v) is 4.73. The van der Waals surface area contributed by atoms with Gasteiger partial charge < -0.3 is 11.1 Å². The van der Waals surface area contributed by atoms with Crippen molar-refractivity contribution in [3.8, 4) is 0 Å². The Balaban J connectivity index is 2.22. The summed E-state index contributed by atoms with van der Waals surface area (Å²) >= 11 is 3.29. The number of pyridine rings is 1. The molecule has 1 amide bonds. The summed E-state index contributed by atoms with van der Waals surface area (Å²) in [5.41, 5.74) is 7.71. The lowest BCUT2D eigenvalue weighted by atomic mass is 10.1. The standard InChI is InChI=1S/C13H12BrN3O/c1-8-5-6-11(16-7-8)17-13(18)9-3-2-4-10(14)12(9)15/h2-7H,15H2,1H3,(H,16,17,18). The van der Waals surface area contributed by atoms with E-state index in [0.29, 0.717) is 21.5 Å². The summed E-state index contributed by atoms with van der Waals surface area (Å²) in [4.78, 5) is 16.1. The number of carbonyl (C=O) groups is 1. The monoisotopic (exact) mass is 305 g/mol. The summed E-state index contributed by atoms with van der Waals surface area (Å²) in [6.45, 7) is 1.94.